The number of Topliss-reactive ketones (excluding diaryl/α,β-unsaturated/α-hetero) is 2. The van der Waals surface area contributed by atoms with Gasteiger partial charge in [-0.3, -0.25) is 9.59 Å². The Morgan fingerprint density at radius 2 is 1.55 bits per heavy atom. The molecule has 0 saturated heterocycles. The summed E-state index contributed by atoms with van der Waals surface area (Å²) in [5, 5.41) is 0. The SMILES string of the molecule is C=C(C)CC(=O)CCC.CC.CCC(=O)c1ccc(C)cc1. The minimum absolute atomic E-state index is 0.213. The van der Waals surface area contributed by atoms with Gasteiger partial charge >= 0.3 is 0 Å². The highest BCUT2D eigenvalue weighted by Gasteiger charge is 2.00. The number of hydrogen-bond acceptors (Lipinski definition) is 2. The van der Waals surface area contributed by atoms with E-state index >= 15 is 0 Å². The van der Waals surface area contributed by atoms with Gasteiger partial charge in [0, 0.05) is 24.8 Å². The van der Waals surface area contributed by atoms with Gasteiger partial charge in [-0.15, -0.1) is 0 Å². The number of carbonyl (C=O) groups is 2. The first kappa shape index (κ1) is 22.6. The lowest BCUT2D eigenvalue weighted by atomic mass is 10.1. The Balaban J connectivity index is 0. The Morgan fingerprint density at radius 1 is 1.05 bits per heavy atom. The number of rotatable bonds is 6. The van der Waals surface area contributed by atoms with Crippen molar-refractivity contribution >= 4 is 11.6 Å². The molecule has 0 unspecified atom stereocenters. The Hall–Kier alpha value is -1.70. The predicted octanol–water partition coefficient (Wildman–Crippen LogP) is 5.94. The van der Waals surface area contributed by atoms with Crippen LogP contribution in [0.3, 0.4) is 0 Å². The van der Waals surface area contributed by atoms with E-state index in [1.165, 1.54) is 5.56 Å². The van der Waals surface area contributed by atoms with Crippen molar-refractivity contribution in [2.24, 2.45) is 0 Å². The summed E-state index contributed by atoms with van der Waals surface area (Å²) < 4.78 is 0. The lowest BCUT2D eigenvalue weighted by Gasteiger charge is -1.96. The smallest absolute Gasteiger partial charge is 0.162 e. The summed E-state index contributed by atoms with van der Waals surface area (Å²) in [6, 6.07) is 7.67. The van der Waals surface area contributed by atoms with Crippen molar-refractivity contribution in [2.75, 3.05) is 0 Å². The van der Waals surface area contributed by atoms with Crippen LogP contribution in [0.15, 0.2) is 36.4 Å². The minimum atomic E-state index is 0.213. The number of ketones is 2. The largest absolute Gasteiger partial charge is 0.299 e. The molecule has 1 rings (SSSR count). The fraction of sp³-hybridized carbons (Fsp3) is 0.500. The third-order valence-corrected chi connectivity index (χ3v) is 2.72. The van der Waals surface area contributed by atoms with Crippen molar-refractivity contribution in [1.29, 1.82) is 0 Å². The summed E-state index contributed by atoms with van der Waals surface area (Å²) in [5.74, 6) is 0.523. The molecule has 1 aromatic rings. The first-order valence-electron chi connectivity index (χ1n) is 8.16. The highest BCUT2D eigenvalue weighted by atomic mass is 16.1. The molecule has 2 heteroatoms. The zero-order valence-electron chi connectivity index (χ0n) is 15.2. The van der Waals surface area contributed by atoms with Gasteiger partial charge in [0.1, 0.15) is 5.78 Å². The average molecular weight is 304 g/mol. The Bertz CT molecular complexity index is 441. The second-order valence-electron chi connectivity index (χ2n) is 5.07. The zero-order valence-corrected chi connectivity index (χ0v) is 15.2. The standard InChI is InChI=1S/C10H12O.C8H14O.C2H6/c1-3-10(11)9-6-4-8(2)5-7-9;1-4-5-8(9)6-7(2)3;1-2/h4-7H,3H2,1-2H3;2,4-6H2,1,3H3;1-2H3. The van der Waals surface area contributed by atoms with Gasteiger partial charge in [-0.1, -0.05) is 69.7 Å². The third-order valence-electron chi connectivity index (χ3n) is 2.72. The van der Waals surface area contributed by atoms with Crippen molar-refractivity contribution in [3.8, 4) is 0 Å². The maximum Gasteiger partial charge on any atom is 0.162 e. The molecule has 0 atom stereocenters. The van der Waals surface area contributed by atoms with Crippen LogP contribution in [0.5, 0.6) is 0 Å². The highest BCUT2D eigenvalue weighted by molar-refractivity contribution is 5.95. The van der Waals surface area contributed by atoms with Crippen LogP contribution in [0.2, 0.25) is 0 Å². The molecule has 0 fully saturated rings. The summed E-state index contributed by atoms with van der Waals surface area (Å²) in [7, 11) is 0. The quantitative estimate of drug-likeness (QED) is 0.481. The summed E-state index contributed by atoms with van der Waals surface area (Å²) >= 11 is 0. The predicted molar refractivity (Wildman–Crippen MR) is 96.5 cm³/mol. The number of benzene rings is 1. The molecule has 0 N–H and O–H groups in total. The minimum Gasteiger partial charge on any atom is -0.299 e. The van der Waals surface area contributed by atoms with Crippen LogP contribution in [0.4, 0.5) is 0 Å². The fourth-order valence-electron chi connectivity index (χ4n) is 1.65. The summed E-state index contributed by atoms with van der Waals surface area (Å²) in [4.78, 5) is 21.9. The first-order chi connectivity index (χ1) is 10.4. The van der Waals surface area contributed by atoms with Crippen LogP contribution in [-0.2, 0) is 4.79 Å². The van der Waals surface area contributed by atoms with Gasteiger partial charge in [0.2, 0.25) is 0 Å². The molecule has 0 aliphatic rings. The summed E-state index contributed by atoms with van der Waals surface area (Å²) in [6.45, 7) is 15.4. The topological polar surface area (TPSA) is 34.1 Å². The van der Waals surface area contributed by atoms with E-state index < -0.39 is 0 Å². The zero-order chi connectivity index (χ0) is 17.5. The molecule has 0 aliphatic carbocycles. The van der Waals surface area contributed by atoms with Crippen LogP contribution >= 0.6 is 0 Å². The number of hydrogen-bond donors (Lipinski definition) is 0. The molecule has 0 amide bonds. The molecular weight excluding hydrogens is 272 g/mol. The Morgan fingerprint density at radius 3 is 1.91 bits per heavy atom. The van der Waals surface area contributed by atoms with E-state index in [-0.39, 0.29) is 5.78 Å². The van der Waals surface area contributed by atoms with Crippen molar-refractivity contribution < 1.29 is 9.59 Å². The maximum atomic E-state index is 11.1. The van der Waals surface area contributed by atoms with Crippen LogP contribution in [0.25, 0.3) is 0 Å². The monoisotopic (exact) mass is 304 g/mol. The van der Waals surface area contributed by atoms with Gasteiger partial charge in [0.05, 0.1) is 0 Å². The van der Waals surface area contributed by atoms with E-state index in [4.69, 9.17) is 0 Å². The molecule has 0 spiro atoms. The van der Waals surface area contributed by atoms with E-state index in [0.29, 0.717) is 25.0 Å². The van der Waals surface area contributed by atoms with Gasteiger partial charge in [-0.25, -0.2) is 0 Å². The first-order valence-corrected chi connectivity index (χ1v) is 8.16. The van der Waals surface area contributed by atoms with E-state index in [2.05, 4.69) is 6.58 Å². The second-order valence-corrected chi connectivity index (χ2v) is 5.07. The normalized spacial score (nSPS) is 8.82. The van der Waals surface area contributed by atoms with Gasteiger partial charge in [0.25, 0.3) is 0 Å². The third kappa shape index (κ3) is 12.1. The fourth-order valence-corrected chi connectivity index (χ4v) is 1.65. The van der Waals surface area contributed by atoms with E-state index in [1.54, 1.807) is 0 Å². The van der Waals surface area contributed by atoms with E-state index in [0.717, 1.165) is 17.6 Å². The van der Waals surface area contributed by atoms with Crippen LogP contribution in [0.1, 0.15) is 76.2 Å². The van der Waals surface area contributed by atoms with Gasteiger partial charge in [-0.05, 0) is 20.3 Å². The molecule has 0 heterocycles. The number of carbonyl (C=O) groups excluding carboxylic acids is 2. The van der Waals surface area contributed by atoms with Crippen LogP contribution in [0, 0.1) is 6.92 Å². The van der Waals surface area contributed by atoms with E-state index in [9.17, 15) is 9.59 Å². The molecule has 0 saturated carbocycles. The maximum absolute atomic E-state index is 11.1. The molecular formula is C20H32O2. The Kier molecular flexibility index (Phi) is 14.6. The van der Waals surface area contributed by atoms with E-state index in [1.807, 2.05) is 65.8 Å². The molecule has 1 aromatic carbocycles. The van der Waals surface area contributed by atoms with Crippen molar-refractivity contribution in [3.05, 3.63) is 47.5 Å². The molecule has 124 valence electrons. The van der Waals surface area contributed by atoms with Crippen molar-refractivity contribution in [3.63, 3.8) is 0 Å². The van der Waals surface area contributed by atoms with Crippen molar-refractivity contribution in [2.45, 2.75) is 67.2 Å². The van der Waals surface area contributed by atoms with Crippen molar-refractivity contribution in [1.82, 2.24) is 0 Å². The molecule has 0 bridgehead atoms. The molecule has 0 aliphatic heterocycles. The van der Waals surface area contributed by atoms with Gasteiger partial charge in [-0.2, -0.15) is 0 Å². The van der Waals surface area contributed by atoms with Gasteiger partial charge in [0.15, 0.2) is 5.78 Å². The number of allylic oxidation sites excluding steroid dienone is 1. The lowest BCUT2D eigenvalue weighted by Crippen LogP contribution is -1.95. The van der Waals surface area contributed by atoms with Gasteiger partial charge < -0.3 is 0 Å². The van der Waals surface area contributed by atoms with Crippen LogP contribution < -0.4 is 0 Å². The molecule has 0 radical (unpaired) electrons. The summed E-state index contributed by atoms with van der Waals surface area (Å²) in [5.41, 5.74) is 2.98. The summed E-state index contributed by atoms with van der Waals surface area (Å²) in [6.07, 6.45) is 2.80. The number of aryl methyl sites for hydroxylation is 1. The molecule has 22 heavy (non-hydrogen) atoms. The van der Waals surface area contributed by atoms with Crippen LogP contribution in [-0.4, -0.2) is 11.6 Å². The Labute approximate surface area is 136 Å². The molecule has 0 aromatic heterocycles. The highest BCUT2D eigenvalue weighted by Crippen LogP contribution is 2.05. The average Bonchev–Trinajstić information content (AvgIpc) is 2.49. The molecule has 2 nitrogen and oxygen atoms in total. The second kappa shape index (κ2) is 14.2. The lowest BCUT2D eigenvalue weighted by molar-refractivity contribution is -0.118.